The first kappa shape index (κ1) is 61.0. The third kappa shape index (κ3) is 15.5. The summed E-state index contributed by atoms with van der Waals surface area (Å²) in [5.74, 6) is 1.52. The van der Waals surface area contributed by atoms with Gasteiger partial charge in [-0.3, -0.25) is 34.9 Å². The Bertz CT molecular complexity index is 5260. The van der Waals surface area contributed by atoms with Gasteiger partial charge in [0.2, 0.25) is 5.89 Å². The van der Waals surface area contributed by atoms with Gasteiger partial charge in [-0.25, -0.2) is 29.6 Å². The first-order valence-electron chi connectivity index (χ1n) is 32.1. The van der Waals surface area contributed by atoms with Gasteiger partial charge in [0.15, 0.2) is 0 Å². The van der Waals surface area contributed by atoms with E-state index in [2.05, 4.69) is 117 Å². The molecule has 9 aromatic heterocycles. The minimum atomic E-state index is 0.658. The maximum atomic E-state index is 5.82. The molecule has 464 valence electrons. The summed E-state index contributed by atoms with van der Waals surface area (Å²) in [5.41, 5.74) is 20.7. The van der Waals surface area contributed by atoms with Crippen molar-refractivity contribution in [2.24, 2.45) is 0 Å². The Labute approximate surface area is 554 Å². The van der Waals surface area contributed by atoms with E-state index in [4.69, 9.17) is 19.4 Å². The lowest BCUT2D eigenvalue weighted by Gasteiger charge is -2.06. The van der Waals surface area contributed by atoms with E-state index in [0.717, 1.165) is 185 Å². The Hall–Kier alpha value is -12.5. The van der Waals surface area contributed by atoms with Gasteiger partial charge in [-0.1, -0.05) is 146 Å². The molecule has 0 saturated heterocycles. The highest BCUT2D eigenvalue weighted by atomic mass is 16.4. The number of benzene rings is 8. The quantitative estimate of drug-likeness (QED) is 0.0883. The molecule has 0 aliphatic rings. The fraction of sp³-hybridized carbons (Fsp3) is 0.0988. The molecule has 0 amide bonds. The highest BCUT2D eigenvalue weighted by molar-refractivity contribution is 6.02. The Morgan fingerprint density at radius 2 is 0.708 bits per heavy atom. The Morgan fingerprint density at radius 3 is 1.25 bits per heavy atom. The summed E-state index contributed by atoms with van der Waals surface area (Å²) < 4.78 is 7.72. The molecule has 0 radical (unpaired) electrons. The van der Waals surface area contributed by atoms with Crippen molar-refractivity contribution >= 4 is 65.9 Å². The lowest BCUT2D eigenvalue weighted by molar-refractivity contribution is 0.516. The molecule has 96 heavy (non-hydrogen) atoms. The van der Waals surface area contributed by atoms with Crippen LogP contribution in [0.2, 0.25) is 0 Å². The molecular weight excluding hydrogens is 1180 g/mol. The molecule has 0 bridgehead atoms. The van der Waals surface area contributed by atoms with E-state index in [0.29, 0.717) is 5.89 Å². The number of oxazole rings is 1. The van der Waals surface area contributed by atoms with Crippen LogP contribution in [0.1, 0.15) is 45.6 Å². The van der Waals surface area contributed by atoms with Gasteiger partial charge in [0, 0.05) is 76.9 Å². The van der Waals surface area contributed by atoms with Gasteiger partial charge in [-0.2, -0.15) is 5.10 Å². The summed E-state index contributed by atoms with van der Waals surface area (Å²) in [7, 11) is 0. The number of fused-ring (bicyclic) bond motifs is 7. The maximum Gasteiger partial charge on any atom is 0.226 e. The zero-order valence-corrected chi connectivity index (χ0v) is 52.5. The minimum Gasteiger partial charge on any atom is -0.441 e. The highest BCUT2D eigenvalue weighted by Gasteiger charge is 2.11. The number of pyridine rings is 3. The maximum absolute atomic E-state index is 5.82. The van der Waals surface area contributed by atoms with Gasteiger partial charge in [0.1, 0.15) is 5.76 Å². The summed E-state index contributed by atoms with van der Waals surface area (Å²) in [5, 5.41) is 6.86. The van der Waals surface area contributed by atoms with Crippen molar-refractivity contribution in [2.45, 2.75) is 51.4 Å². The van der Waals surface area contributed by atoms with Crippen LogP contribution in [-0.2, 0) is 51.4 Å². The molecule has 0 unspecified atom stereocenters. The van der Waals surface area contributed by atoms with Crippen molar-refractivity contribution in [3.05, 3.63) is 338 Å². The first-order valence-corrected chi connectivity index (χ1v) is 32.1. The van der Waals surface area contributed by atoms with Crippen LogP contribution in [0.4, 0.5) is 0 Å². The van der Waals surface area contributed by atoms with Gasteiger partial charge in [-0.15, -0.1) is 0 Å². The molecule has 17 rings (SSSR count). The fourth-order valence-corrected chi connectivity index (χ4v) is 11.1. The topological polar surface area (TPSA) is 186 Å². The summed E-state index contributed by atoms with van der Waals surface area (Å²) >= 11 is 0. The number of nitrogens with zero attached hydrogens (tertiary/aromatic N) is 14. The summed E-state index contributed by atoms with van der Waals surface area (Å²) in [6.07, 6.45) is 19.6. The van der Waals surface area contributed by atoms with E-state index in [1.54, 1.807) is 6.20 Å². The number of para-hydroxylation sites is 9. The Kier molecular flexibility index (Phi) is 19.0. The number of hydrogen-bond donors (Lipinski definition) is 0. The van der Waals surface area contributed by atoms with Crippen molar-refractivity contribution in [1.82, 2.24) is 69.6 Å². The number of rotatable bonds is 15. The van der Waals surface area contributed by atoms with Gasteiger partial charge in [0.25, 0.3) is 0 Å². The van der Waals surface area contributed by atoms with Crippen molar-refractivity contribution in [3.63, 3.8) is 0 Å². The molecular formula is C81H64N14O. The molecule has 0 atom stereocenters. The number of aromatic nitrogens is 14. The van der Waals surface area contributed by atoms with E-state index < -0.39 is 0 Å². The predicted molar refractivity (Wildman–Crippen MR) is 380 cm³/mol. The molecule has 9 heterocycles. The van der Waals surface area contributed by atoms with Crippen molar-refractivity contribution < 1.29 is 4.42 Å². The predicted octanol–water partition coefficient (Wildman–Crippen LogP) is 16.7. The lowest BCUT2D eigenvalue weighted by atomic mass is 10.1. The van der Waals surface area contributed by atoms with E-state index in [1.807, 2.05) is 224 Å². The SMILES string of the molecule is c1ccc(-c2cccc(CCc3cnc4ccccc4n3)n2)cc1.c1ccc(-c2ncc(CCc3cnc4ccccc4n3)o2)cc1.c1ccc(-n2ccc(CCc3cnc4ccccc4n3)n2)cc1.c1cnc2c(c1)ccc1ccc(CCc3cnc4ccccc4n3)nc12. The Balaban J connectivity index is 0.000000110. The summed E-state index contributed by atoms with van der Waals surface area (Å²) in [6, 6.07) is 82.7. The molecule has 15 heteroatoms. The van der Waals surface area contributed by atoms with Crippen molar-refractivity contribution in [2.75, 3.05) is 0 Å². The monoisotopic (exact) mass is 1250 g/mol. The third-order valence-corrected chi connectivity index (χ3v) is 16.1. The van der Waals surface area contributed by atoms with Gasteiger partial charge in [-0.05, 0) is 148 Å². The van der Waals surface area contributed by atoms with Crippen molar-refractivity contribution in [1.29, 1.82) is 0 Å². The number of hydrogen-bond acceptors (Lipinski definition) is 14. The van der Waals surface area contributed by atoms with Crippen LogP contribution in [0, 0.1) is 0 Å². The molecule has 17 aromatic rings. The van der Waals surface area contributed by atoms with Crippen LogP contribution in [0.25, 0.3) is 94.3 Å². The smallest absolute Gasteiger partial charge is 0.226 e. The molecule has 0 N–H and O–H groups in total. The molecule has 0 aliphatic heterocycles. The third-order valence-electron chi connectivity index (χ3n) is 16.1. The fourth-order valence-electron chi connectivity index (χ4n) is 11.1. The van der Waals surface area contributed by atoms with Gasteiger partial charge in [0.05, 0.1) is 101 Å². The van der Waals surface area contributed by atoms with E-state index in [1.165, 1.54) is 0 Å². The van der Waals surface area contributed by atoms with Crippen molar-refractivity contribution in [3.8, 4) is 28.4 Å². The second kappa shape index (κ2) is 29.9. The van der Waals surface area contributed by atoms with Gasteiger partial charge < -0.3 is 4.42 Å². The number of aryl methyl sites for hydroxylation is 8. The highest BCUT2D eigenvalue weighted by Crippen LogP contribution is 2.25. The molecule has 0 spiro atoms. The summed E-state index contributed by atoms with van der Waals surface area (Å²) in [4.78, 5) is 55.0. The van der Waals surface area contributed by atoms with E-state index in [-0.39, 0.29) is 0 Å². The largest absolute Gasteiger partial charge is 0.441 e. The molecule has 0 aliphatic carbocycles. The molecule has 8 aromatic carbocycles. The molecule has 0 fully saturated rings. The normalized spacial score (nSPS) is 11.0. The lowest BCUT2D eigenvalue weighted by Crippen LogP contribution is -1.99. The van der Waals surface area contributed by atoms with E-state index in [9.17, 15) is 0 Å². The van der Waals surface area contributed by atoms with Crippen LogP contribution in [0.15, 0.2) is 297 Å². The standard InChI is InChI=1S/C22H16N4.C21H17N3.C19H16N4.C19H15N3O/c1-2-6-20-19(5-1)24-14-18(25-20)12-11-17-10-9-16-8-7-15-4-3-13-23-21(15)22(16)26-17;1-2-7-16(8-3-1)19-12-6-9-17(23-19)13-14-18-15-22-20-10-4-5-11-21(20)24-18;1-2-6-17(7-3-1)23-13-12-15(22-23)10-11-16-14-20-18-8-4-5-9-19(18)21-16;1-2-6-14(7-3-1)19-21-13-16(23-19)11-10-15-12-20-17-8-4-5-9-18(17)22-15/h1-10,13-14H,11-12H2;1-12,15H,13-14H2;1-9,12-14H,10-11H2;1-9,12-13H,10-11H2. The minimum absolute atomic E-state index is 0.658. The molecule has 15 nitrogen and oxygen atoms in total. The Morgan fingerprint density at radius 1 is 0.271 bits per heavy atom. The van der Waals surface area contributed by atoms with Crippen LogP contribution in [0.5, 0.6) is 0 Å². The zero-order valence-electron chi connectivity index (χ0n) is 52.5. The van der Waals surface area contributed by atoms with E-state index >= 15 is 0 Å². The first-order chi connectivity index (χ1) is 47.5. The second-order valence-electron chi connectivity index (χ2n) is 22.9. The second-order valence-corrected chi connectivity index (χ2v) is 22.9. The average molecular weight is 1250 g/mol. The van der Waals surface area contributed by atoms with Crippen LogP contribution >= 0.6 is 0 Å². The van der Waals surface area contributed by atoms with Crippen LogP contribution in [-0.4, -0.2) is 69.6 Å². The van der Waals surface area contributed by atoms with Crippen LogP contribution < -0.4 is 0 Å². The average Bonchev–Trinajstić information content (AvgIpc) is 0.985. The van der Waals surface area contributed by atoms with Crippen LogP contribution in [0.3, 0.4) is 0 Å². The molecule has 0 saturated carbocycles. The van der Waals surface area contributed by atoms with Gasteiger partial charge >= 0.3 is 0 Å². The summed E-state index contributed by atoms with van der Waals surface area (Å²) in [6.45, 7) is 0. The zero-order chi connectivity index (χ0) is 64.5.